The van der Waals surface area contributed by atoms with Gasteiger partial charge in [-0.05, 0) is 51.7 Å². The van der Waals surface area contributed by atoms with E-state index < -0.39 is 0 Å². The molecule has 8 heteroatoms. The summed E-state index contributed by atoms with van der Waals surface area (Å²) in [5, 5.41) is 15.5. The summed E-state index contributed by atoms with van der Waals surface area (Å²) < 4.78 is 1.96. The van der Waals surface area contributed by atoms with Crippen molar-refractivity contribution in [3.05, 3.63) is 41.2 Å². The predicted molar refractivity (Wildman–Crippen MR) is 123 cm³/mol. The molecule has 3 atom stereocenters. The molecule has 1 aliphatic rings. The number of thioether (sulfide) groups is 1. The first kappa shape index (κ1) is 23.3. The summed E-state index contributed by atoms with van der Waals surface area (Å²) in [6, 6.07) is 7.47. The third-order valence-corrected chi connectivity index (χ3v) is 6.83. The average Bonchev–Trinajstić information content (AvgIpc) is 3.17. The van der Waals surface area contributed by atoms with Crippen LogP contribution in [0.4, 0.5) is 0 Å². The Morgan fingerprint density at radius 3 is 2.74 bits per heavy atom. The van der Waals surface area contributed by atoms with Gasteiger partial charge in [-0.1, -0.05) is 49.2 Å². The van der Waals surface area contributed by atoms with Gasteiger partial charge in [-0.15, -0.1) is 10.2 Å². The number of nitrogens with one attached hydrogen (secondary N) is 2. The van der Waals surface area contributed by atoms with Crippen molar-refractivity contribution in [2.45, 2.75) is 77.2 Å². The molecule has 0 radical (unpaired) electrons. The molecule has 1 aromatic heterocycles. The molecule has 0 aliphatic heterocycles. The molecular weight excluding hydrogens is 410 g/mol. The van der Waals surface area contributed by atoms with E-state index in [2.05, 4.69) is 27.8 Å². The van der Waals surface area contributed by atoms with Crippen molar-refractivity contribution in [3.8, 4) is 0 Å². The van der Waals surface area contributed by atoms with Gasteiger partial charge in [0.05, 0.1) is 11.8 Å². The molecule has 1 aromatic carbocycles. The van der Waals surface area contributed by atoms with Crippen molar-refractivity contribution in [1.82, 2.24) is 25.4 Å². The molecule has 31 heavy (non-hydrogen) atoms. The van der Waals surface area contributed by atoms with Crippen molar-refractivity contribution in [2.24, 2.45) is 5.92 Å². The van der Waals surface area contributed by atoms with Crippen LogP contribution in [-0.2, 0) is 11.3 Å². The maximum Gasteiger partial charge on any atom is 0.251 e. The van der Waals surface area contributed by atoms with Crippen LogP contribution < -0.4 is 10.6 Å². The molecule has 0 saturated heterocycles. The number of aryl methyl sites for hydroxylation is 1. The highest BCUT2D eigenvalue weighted by Crippen LogP contribution is 2.25. The zero-order valence-electron chi connectivity index (χ0n) is 18.9. The molecule has 2 aromatic rings. The van der Waals surface area contributed by atoms with E-state index in [-0.39, 0.29) is 23.9 Å². The summed E-state index contributed by atoms with van der Waals surface area (Å²) in [5.41, 5.74) is 1.66. The van der Waals surface area contributed by atoms with Gasteiger partial charge in [0.1, 0.15) is 0 Å². The topological polar surface area (TPSA) is 88.9 Å². The Labute approximate surface area is 188 Å². The first-order chi connectivity index (χ1) is 14.9. The van der Waals surface area contributed by atoms with Gasteiger partial charge < -0.3 is 15.2 Å². The average molecular weight is 444 g/mol. The van der Waals surface area contributed by atoms with E-state index in [1.807, 2.05) is 43.5 Å². The van der Waals surface area contributed by atoms with E-state index in [1.165, 1.54) is 31.0 Å². The lowest BCUT2D eigenvalue weighted by Gasteiger charge is -2.29. The number of amides is 2. The largest absolute Gasteiger partial charge is 0.352 e. The number of carbonyl (C=O) groups excluding carboxylic acids is 2. The number of carbonyl (C=O) groups is 2. The van der Waals surface area contributed by atoms with Crippen molar-refractivity contribution in [3.63, 3.8) is 0 Å². The first-order valence-electron chi connectivity index (χ1n) is 11.1. The Balaban J connectivity index is 1.59. The third-order valence-electron chi connectivity index (χ3n) is 5.87. The molecule has 0 spiro atoms. The van der Waals surface area contributed by atoms with Crippen molar-refractivity contribution in [1.29, 1.82) is 0 Å². The van der Waals surface area contributed by atoms with Gasteiger partial charge in [-0.25, -0.2) is 0 Å². The molecule has 1 aliphatic carbocycles. The van der Waals surface area contributed by atoms with Crippen LogP contribution in [0, 0.1) is 12.8 Å². The molecule has 1 heterocycles. The molecule has 168 valence electrons. The Morgan fingerprint density at radius 2 is 2.03 bits per heavy atom. The fourth-order valence-electron chi connectivity index (χ4n) is 4.06. The van der Waals surface area contributed by atoms with Crippen LogP contribution in [0.5, 0.6) is 0 Å². The number of hydrogen-bond acceptors (Lipinski definition) is 5. The van der Waals surface area contributed by atoms with Crippen molar-refractivity contribution >= 4 is 23.6 Å². The first-order valence-corrected chi connectivity index (χ1v) is 12.1. The van der Waals surface area contributed by atoms with E-state index in [1.54, 1.807) is 6.07 Å². The van der Waals surface area contributed by atoms with Crippen LogP contribution >= 0.6 is 11.8 Å². The second-order valence-corrected chi connectivity index (χ2v) is 9.32. The lowest BCUT2D eigenvalue weighted by atomic mass is 9.86. The molecule has 3 rings (SSSR count). The molecular formula is C23H33N5O2S. The van der Waals surface area contributed by atoms with Gasteiger partial charge in [-0.2, -0.15) is 0 Å². The van der Waals surface area contributed by atoms with Crippen molar-refractivity contribution < 1.29 is 9.59 Å². The van der Waals surface area contributed by atoms with E-state index in [0.29, 0.717) is 34.8 Å². The van der Waals surface area contributed by atoms with E-state index >= 15 is 0 Å². The minimum Gasteiger partial charge on any atom is -0.352 e. The van der Waals surface area contributed by atoms with E-state index in [4.69, 9.17) is 0 Å². The minimum atomic E-state index is -0.299. The maximum absolute atomic E-state index is 12.6. The smallest absolute Gasteiger partial charge is 0.251 e. The zero-order chi connectivity index (χ0) is 22.4. The van der Waals surface area contributed by atoms with Crippen LogP contribution in [0.25, 0.3) is 0 Å². The SMILES string of the molecule is CCn1c(SCC(=O)N[C@@H]2CCCC[C@H]2C)nnc1[C@@H](C)NC(=O)c1cccc(C)c1. The normalized spacial score (nSPS) is 19.6. The zero-order valence-corrected chi connectivity index (χ0v) is 19.7. The Morgan fingerprint density at radius 1 is 1.26 bits per heavy atom. The number of aromatic nitrogens is 3. The molecule has 2 amide bonds. The van der Waals surface area contributed by atoms with Gasteiger partial charge in [0.15, 0.2) is 11.0 Å². The quantitative estimate of drug-likeness (QED) is 0.605. The second kappa shape index (κ2) is 10.8. The summed E-state index contributed by atoms with van der Waals surface area (Å²) in [6.07, 6.45) is 4.67. The number of nitrogens with zero attached hydrogens (tertiary/aromatic N) is 3. The van der Waals surface area contributed by atoms with Crippen LogP contribution in [0.15, 0.2) is 29.4 Å². The monoisotopic (exact) mass is 443 g/mol. The van der Waals surface area contributed by atoms with Crippen LogP contribution in [0.1, 0.15) is 74.2 Å². The van der Waals surface area contributed by atoms with Gasteiger partial charge in [-0.3, -0.25) is 9.59 Å². The van der Waals surface area contributed by atoms with Gasteiger partial charge in [0.2, 0.25) is 5.91 Å². The molecule has 0 unspecified atom stereocenters. The predicted octanol–water partition coefficient (Wildman–Crippen LogP) is 3.88. The lowest BCUT2D eigenvalue weighted by Crippen LogP contribution is -2.41. The highest BCUT2D eigenvalue weighted by Gasteiger charge is 2.24. The van der Waals surface area contributed by atoms with E-state index in [9.17, 15) is 9.59 Å². The van der Waals surface area contributed by atoms with Gasteiger partial charge in [0.25, 0.3) is 5.91 Å². The summed E-state index contributed by atoms with van der Waals surface area (Å²) in [5.74, 6) is 1.43. The van der Waals surface area contributed by atoms with Crippen molar-refractivity contribution in [2.75, 3.05) is 5.75 Å². The van der Waals surface area contributed by atoms with Gasteiger partial charge in [0, 0.05) is 18.2 Å². The summed E-state index contributed by atoms with van der Waals surface area (Å²) in [7, 11) is 0. The Kier molecular flexibility index (Phi) is 8.12. The summed E-state index contributed by atoms with van der Waals surface area (Å²) >= 11 is 1.39. The highest BCUT2D eigenvalue weighted by molar-refractivity contribution is 7.99. The highest BCUT2D eigenvalue weighted by atomic mass is 32.2. The number of hydrogen-bond donors (Lipinski definition) is 2. The van der Waals surface area contributed by atoms with Crippen LogP contribution in [-0.4, -0.2) is 38.4 Å². The Hall–Kier alpha value is -2.35. The number of benzene rings is 1. The minimum absolute atomic E-state index is 0.0387. The molecule has 1 saturated carbocycles. The van der Waals surface area contributed by atoms with Crippen LogP contribution in [0.2, 0.25) is 0 Å². The fourth-order valence-corrected chi connectivity index (χ4v) is 4.88. The van der Waals surface area contributed by atoms with Gasteiger partial charge >= 0.3 is 0 Å². The van der Waals surface area contributed by atoms with E-state index in [0.717, 1.165) is 12.0 Å². The maximum atomic E-state index is 12.6. The molecule has 7 nitrogen and oxygen atoms in total. The fraction of sp³-hybridized carbons (Fsp3) is 0.565. The lowest BCUT2D eigenvalue weighted by molar-refractivity contribution is -0.119. The summed E-state index contributed by atoms with van der Waals surface area (Å²) in [6.45, 7) is 8.74. The molecule has 1 fully saturated rings. The molecule has 2 N–H and O–H groups in total. The molecule has 0 bridgehead atoms. The third kappa shape index (κ3) is 6.09. The standard InChI is InChI=1S/C23H33N5O2S/c1-5-28-21(17(4)24-22(30)18-11-8-9-15(2)13-18)26-27-23(28)31-14-20(29)25-19-12-7-6-10-16(19)3/h8-9,11,13,16-17,19H,5-7,10,12,14H2,1-4H3,(H,24,30)(H,25,29)/t16-,17-,19-/m1/s1. The Bertz CT molecular complexity index is 913. The summed E-state index contributed by atoms with van der Waals surface area (Å²) in [4.78, 5) is 25.0. The second-order valence-electron chi connectivity index (χ2n) is 8.37. The van der Waals surface area contributed by atoms with Crippen LogP contribution in [0.3, 0.4) is 0 Å². The number of rotatable bonds is 8.